The quantitative estimate of drug-likeness (QED) is 0.410. The minimum absolute atomic E-state index is 0.271. The molecule has 9 heteroatoms. The molecule has 0 saturated heterocycles. The van der Waals surface area contributed by atoms with E-state index in [0.29, 0.717) is 36.5 Å². The molecule has 3 heterocycles. The third kappa shape index (κ3) is 5.44. The summed E-state index contributed by atoms with van der Waals surface area (Å²) in [6.45, 7) is 1.02. The largest absolute Gasteiger partial charge is 0.366 e. The summed E-state index contributed by atoms with van der Waals surface area (Å²) in [6.07, 6.45) is 8.33. The summed E-state index contributed by atoms with van der Waals surface area (Å²) in [6, 6.07) is 11.9. The van der Waals surface area contributed by atoms with E-state index in [1.165, 1.54) is 12.1 Å². The predicted octanol–water partition coefficient (Wildman–Crippen LogP) is 3.77. The molecule has 3 aromatic heterocycles. The van der Waals surface area contributed by atoms with Crippen LogP contribution >= 0.6 is 0 Å². The average molecular weight is 402 g/mol. The Labute approximate surface area is 172 Å². The van der Waals surface area contributed by atoms with Gasteiger partial charge < -0.3 is 16.0 Å². The maximum absolute atomic E-state index is 13.1. The molecule has 0 aliphatic rings. The van der Waals surface area contributed by atoms with Crippen molar-refractivity contribution in [3.63, 3.8) is 0 Å². The number of nitrogens with one attached hydrogen (secondary N) is 3. The number of anilines is 4. The molecule has 0 radical (unpaired) electrons. The van der Waals surface area contributed by atoms with Gasteiger partial charge in [-0.3, -0.25) is 9.97 Å². The Morgan fingerprint density at radius 3 is 2.30 bits per heavy atom. The summed E-state index contributed by atoms with van der Waals surface area (Å²) < 4.78 is 13.1. The lowest BCUT2D eigenvalue weighted by Crippen LogP contribution is -2.09. The van der Waals surface area contributed by atoms with Gasteiger partial charge in [0, 0.05) is 43.9 Å². The Balaban J connectivity index is 1.52. The zero-order valence-electron chi connectivity index (χ0n) is 16.0. The first-order valence-electron chi connectivity index (χ1n) is 9.28. The first-order chi connectivity index (χ1) is 14.7. The van der Waals surface area contributed by atoms with Crippen LogP contribution in [0.4, 0.5) is 27.8 Å². The topological polar surface area (TPSA) is 101 Å². The maximum Gasteiger partial charge on any atom is 0.226 e. The molecule has 8 nitrogen and oxygen atoms in total. The zero-order chi connectivity index (χ0) is 20.6. The fraction of sp³-hybridized carbons (Fsp3) is 0.0952. The van der Waals surface area contributed by atoms with Crippen LogP contribution in [0.3, 0.4) is 0 Å². The molecule has 4 aromatic rings. The predicted molar refractivity (Wildman–Crippen MR) is 113 cm³/mol. The van der Waals surface area contributed by atoms with Crippen molar-refractivity contribution < 1.29 is 4.39 Å². The normalized spacial score (nSPS) is 10.4. The lowest BCUT2D eigenvalue weighted by atomic mass is 10.2. The van der Waals surface area contributed by atoms with E-state index >= 15 is 0 Å². The lowest BCUT2D eigenvalue weighted by molar-refractivity contribution is 0.627. The fourth-order valence-corrected chi connectivity index (χ4v) is 2.65. The molecule has 0 amide bonds. The van der Waals surface area contributed by atoms with Crippen molar-refractivity contribution in [1.29, 1.82) is 0 Å². The molecular weight excluding hydrogens is 383 g/mol. The first kappa shape index (κ1) is 19.2. The molecule has 0 aliphatic heterocycles. The molecule has 0 aliphatic carbocycles. The zero-order valence-corrected chi connectivity index (χ0v) is 16.0. The Morgan fingerprint density at radius 1 is 0.733 bits per heavy atom. The number of nitrogens with zero attached hydrogens (tertiary/aromatic N) is 5. The summed E-state index contributed by atoms with van der Waals surface area (Å²) in [5.41, 5.74) is 1.94. The van der Waals surface area contributed by atoms with Crippen molar-refractivity contribution >= 4 is 23.4 Å². The highest BCUT2D eigenvalue weighted by Crippen LogP contribution is 2.19. The molecule has 4 rings (SSSR count). The molecule has 0 spiro atoms. The van der Waals surface area contributed by atoms with Crippen LogP contribution in [0.15, 0.2) is 73.4 Å². The molecule has 30 heavy (non-hydrogen) atoms. The van der Waals surface area contributed by atoms with Crippen molar-refractivity contribution in [2.45, 2.75) is 13.1 Å². The van der Waals surface area contributed by atoms with E-state index < -0.39 is 0 Å². The smallest absolute Gasteiger partial charge is 0.226 e. The Bertz CT molecular complexity index is 1080. The van der Waals surface area contributed by atoms with Crippen molar-refractivity contribution in [3.05, 3.63) is 90.4 Å². The second-order valence-electron chi connectivity index (χ2n) is 6.37. The summed E-state index contributed by atoms with van der Waals surface area (Å²) in [5.74, 6) is 1.90. The number of rotatable bonds is 8. The number of benzene rings is 1. The third-order valence-corrected chi connectivity index (χ3v) is 4.11. The molecule has 3 N–H and O–H groups in total. The second kappa shape index (κ2) is 9.37. The highest BCUT2D eigenvalue weighted by molar-refractivity contribution is 5.58. The number of hydrogen-bond acceptors (Lipinski definition) is 8. The third-order valence-electron chi connectivity index (χ3n) is 4.11. The van der Waals surface area contributed by atoms with Gasteiger partial charge in [-0.05, 0) is 29.3 Å². The van der Waals surface area contributed by atoms with Crippen LogP contribution in [0.2, 0.25) is 0 Å². The van der Waals surface area contributed by atoms with Crippen molar-refractivity contribution in [1.82, 2.24) is 24.9 Å². The average Bonchev–Trinajstić information content (AvgIpc) is 2.79. The summed E-state index contributed by atoms with van der Waals surface area (Å²) >= 11 is 0. The van der Waals surface area contributed by atoms with Gasteiger partial charge >= 0.3 is 0 Å². The van der Waals surface area contributed by atoms with Crippen LogP contribution in [0.25, 0.3) is 0 Å². The van der Waals surface area contributed by atoms with Gasteiger partial charge in [-0.25, -0.2) is 9.37 Å². The highest BCUT2D eigenvalue weighted by atomic mass is 19.1. The van der Waals surface area contributed by atoms with Gasteiger partial charge in [-0.1, -0.05) is 18.2 Å². The van der Waals surface area contributed by atoms with Gasteiger partial charge in [0.25, 0.3) is 0 Å². The van der Waals surface area contributed by atoms with Crippen LogP contribution in [0, 0.1) is 5.82 Å². The molecule has 0 fully saturated rings. The molecule has 0 bridgehead atoms. The number of pyridine rings is 1. The van der Waals surface area contributed by atoms with E-state index in [1.807, 2.05) is 12.1 Å². The van der Waals surface area contributed by atoms with Crippen molar-refractivity contribution in [2.24, 2.45) is 0 Å². The molecule has 0 unspecified atom stereocenters. The van der Waals surface area contributed by atoms with Gasteiger partial charge in [-0.2, -0.15) is 9.97 Å². The van der Waals surface area contributed by atoms with E-state index in [2.05, 4.69) is 40.9 Å². The van der Waals surface area contributed by atoms with Crippen molar-refractivity contribution in [2.75, 3.05) is 16.0 Å². The van der Waals surface area contributed by atoms with Gasteiger partial charge in [0.15, 0.2) is 0 Å². The van der Waals surface area contributed by atoms with Gasteiger partial charge in [-0.15, -0.1) is 0 Å². The summed E-state index contributed by atoms with van der Waals surface area (Å²) in [7, 11) is 0. The van der Waals surface area contributed by atoms with Crippen LogP contribution in [-0.4, -0.2) is 24.9 Å². The van der Waals surface area contributed by atoms with Crippen LogP contribution < -0.4 is 16.0 Å². The van der Waals surface area contributed by atoms with Gasteiger partial charge in [0.2, 0.25) is 5.95 Å². The minimum Gasteiger partial charge on any atom is -0.366 e. The molecule has 0 atom stereocenters. The standard InChI is InChI=1S/C21H19FN8/c22-17-5-3-15(4-6-17)12-27-21-29-18(26-13-16-2-1-7-23-11-16)10-19(30-21)28-20-14-24-8-9-25-20/h1-11,14H,12-13H2,(H3,25,26,27,28,29,30). The SMILES string of the molecule is Fc1ccc(CNc2nc(NCc3cccnc3)cc(Nc3cnccn3)n2)cc1. The molecule has 1 aromatic carbocycles. The van der Waals surface area contributed by atoms with Crippen molar-refractivity contribution in [3.8, 4) is 0 Å². The van der Waals surface area contributed by atoms with E-state index in [-0.39, 0.29) is 5.82 Å². The van der Waals surface area contributed by atoms with E-state index in [4.69, 9.17) is 0 Å². The Kier molecular flexibility index (Phi) is 5.99. The summed E-state index contributed by atoms with van der Waals surface area (Å²) in [5, 5.41) is 9.57. The minimum atomic E-state index is -0.271. The van der Waals surface area contributed by atoms with E-state index in [1.54, 1.807) is 49.2 Å². The number of halogens is 1. The van der Waals surface area contributed by atoms with Crippen LogP contribution in [0.5, 0.6) is 0 Å². The Hall–Kier alpha value is -4.14. The first-order valence-corrected chi connectivity index (χ1v) is 9.28. The lowest BCUT2D eigenvalue weighted by Gasteiger charge is -2.12. The van der Waals surface area contributed by atoms with E-state index in [9.17, 15) is 4.39 Å². The van der Waals surface area contributed by atoms with Gasteiger partial charge in [0.05, 0.1) is 6.20 Å². The number of hydrogen-bond donors (Lipinski definition) is 3. The Morgan fingerprint density at radius 2 is 1.53 bits per heavy atom. The van der Waals surface area contributed by atoms with E-state index in [0.717, 1.165) is 11.1 Å². The molecule has 150 valence electrons. The van der Waals surface area contributed by atoms with Crippen LogP contribution in [0.1, 0.15) is 11.1 Å². The number of aromatic nitrogens is 5. The van der Waals surface area contributed by atoms with Gasteiger partial charge in [0.1, 0.15) is 23.3 Å². The second-order valence-corrected chi connectivity index (χ2v) is 6.37. The summed E-state index contributed by atoms with van der Waals surface area (Å²) in [4.78, 5) is 21.4. The molecule has 0 saturated carbocycles. The van der Waals surface area contributed by atoms with Crippen LogP contribution in [-0.2, 0) is 13.1 Å². The monoisotopic (exact) mass is 402 g/mol. The molecular formula is C21H19FN8. The maximum atomic E-state index is 13.1. The fourth-order valence-electron chi connectivity index (χ4n) is 2.65. The highest BCUT2D eigenvalue weighted by Gasteiger charge is 2.07.